The highest BCUT2D eigenvalue weighted by molar-refractivity contribution is 5.85. The maximum absolute atomic E-state index is 11.5. The number of methoxy groups -OCH3 is 1. The van der Waals surface area contributed by atoms with Gasteiger partial charge in [-0.1, -0.05) is 41.6 Å². The smallest absolute Gasteiger partial charge is 0.128 e. The Hall–Kier alpha value is -2.41. The van der Waals surface area contributed by atoms with Crippen molar-refractivity contribution in [3.8, 4) is 17.0 Å². The maximum atomic E-state index is 11.5. The lowest BCUT2D eigenvalue weighted by atomic mass is 9.72. The Kier molecular flexibility index (Phi) is 5.34. The lowest BCUT2D eigenvalue weighted by Crippen LogP contribution is -2.47. The molecule has 0 amide bonds. The molecular weight excluding hydrogens is 388 g/mol. The Balaban J connectivity index is 0.00000205. The molecule has 1 spiro atoms. The minimum atomic E-state index is -0.529. The second-order valence-electron chi connectivity index (χ2n) is 7.67. The predicted molar refractivity (Wildman–Crippen MR) is 114 cm³/mol. The molecule has 1 aromatic heterocycles. The molecular formula is C22H25ClN4O2. The average Bonchev–Trinajstić information content (AvgIpc) is 3.31. The van der Waals surface area contributed by atoms with E-state index in [9.17, 15) is 5.11 Å². The van der Waals surface area contributed by atoms with Gasteiger partial charge in [0.05, 0.1) is 19.4 Å². The Morgan fingerprint density at radius 2 is 1.83 bits per heavy atom. The van der Waals surface area contributed by atoms with Crippen LogP contribution in [0.1, 0.15) is 30.0 Å². The number of nitrogens with zero attached hydrogens (tertiary/aromatic N) is 3. The van der Waals surface area contributed by atoms with Crippen molar-refractivity contribution >= 4 is 12.4 Å². The zero-order chi connectivity index (χ0) is 19.1. The first-order valence-electron chi connectivity index (χ1n) is 9.78. The minimum absolute atomic E-state index is 0. The van der Waals surface area contributed by atoms with Gasteiger partial charge < -0.3 is 15.2 Å². The van der Waals surface area contributed by atoms with Crippen LogP contribution in [-0.4, -0.2) is 46.4 Å². The van der Waals surface area contributed by atoms with Crippen molar-refractivity contribution in [3.05, 3.63) is 65.9 Å². The third-order valence-electron chi connectivity index (χ3n) is 6.36. The van der Waals surface area contributed by atoms with E-state index in [2.05, 4.69) is 33.8 Å². The summed E-state index contributed by atoms with van der Waals surface area (Å²) in [4.78, 5) is 0. The monoisotopic (exact) mass is 412 g/mol. The molecule has 2 N–H and O–H groups in total. The van der Waals surface area contributed by atoms with Crippen LogP contribution in [0, 0.1) is 0 Å². The normalized spacial score (nSPS) is 22.1. The van der Waals surface area contributed by atoms with Crippen molar-refractivity contribution in [2.24, 2.45) is 0 Å². The molecule has 6 nitrogen and oxygen atoms in total. The minimum Gasteiger partial charge on any atom is -0.496 e. The van der Waals surface area contributed by atoms with E-state index in [0.29, 0.717) is 0 Å². The van der Waals surface area contributed by atoms with E-state index < -0.39 is 6.10 Å². The van der Waals surface area contributed by atoms with Gasteiger partial charge in [0, 0.05) is 11.0 Å². The summed E-state index contributed by atoms with van der Waals surface area (Å²) in [5, 5.41) is 23.7. The number of aromatic nitrogens is 3. The van der Waals surface area contributed by atoms with E-state index >= 15 is 0 Å². The number of fused-ring (bicyclic) bond motifs is 2. The molecule has 0 bridgehead atoms. The molecule has 0 unspecified atom stereocenters. The van der Waals surface area contributed by atoms with E-state index in [1.165, 1.54) is 5.56 Å². The second-order valence-corrected chi connectivity index (χ2v) is 7.67. The van der Waals surface area contributed by atoms with Crippen molar-refractivity contribution in [2.75, 3.05) is 20.2 Å². The highest BCUT2D eigenvalue weighted by Gasteiger charge is 2.52. The molecule has 0 saturated carbocycles. The topological polar surface area (TPSA) is 72.2 Å². The summed E-state index contributed by atoms with van der Waals surface area (Å²) in [6, 6.07) is 15.9. The van der Waals surface area contributed by atoms with Crippen molar-refractivity contribution in [1.29, 1.82) is 0 Å². The summed E-state index contributed by atoms with van der Waals surface area (Å²) in [5.41, 5.74) is 3.82. The lowest BCUT2D eigenvalue weighted by Gasteiger charge is -2.38. The van der Waals surface area contributed by atoms with Gasteiger partial charge in [-0.2, -0.15) is 0 Å². The van der Waals surface area contributed by atoms with Crippen molar-refractivity contribution < 1.29 is 9.84 Å². The van der Waals surface area contributed by atoms with Crippen molar-refractivity contribution in [2.45, 2.75) is 30.4 Å². The molecule has 2 atom stereocenters. The van der Waals surface area contributed by atoms with Gasteiger partial charge >= 0.3 is 0 Å². The lowest BCUT2D eigenvalue weighted by molar-refractivity contribution is 0.0421. The Morgan fingerprint density at radius 3 is 2.62 bits per heavy atom. The molecule has 3 aromatic rings. The van der Waals surface area contributed by atoms with Crippen LogP contribution < -0.4 is 10.1 Å². The van der Waals surface area contributed by atoms with Gasteiger partial charge in [0.25, 0.3) is 0 Å². The molecule has 0 radical (unpaired) electrons. The zero-order valence-corrected chi connectivity index (χ0v) is 17.1. The fourth-order valence-electron chi connectivity index (χ4n) is 4.96. The highest BCUT2D eigenvalue weighted by atomic mass is 35.5. The van der Waals surface area contributed by atoms with Crippen LogP contribution >= 0.6 is 12.4 Å². The van der Waals surface area contributed by atoms with Crippen LogP contribution in [-0.2, 0) is 5.41 Å². The number of para-hydroxylation sites is 1. The predicted octanol–water partition coefficient (Wildman–Crippen LogP) is 2.96. The van der Waals surface area contributed by atoms with Gasteiger partial charge in [-0.05, 0) is 49.2 Å². The summed E-state index contributed by atoms with van der Waals surface area (Å²) in [7, 11) is 1.65. The number of hydrogen-bond donors (Lipinski definition) is 2. The fraction of sp³-hybridized carbons (Fsp3) is 0.364. The van der Waals surface area contributed by atoms with Gasteiger partial charge in [-0.15, -0.1) is 17.5 Å². The van der Waals surface area contributed by atoms with E-state index in [1.807, 2.05) is 41.2 Å². The molecule has 29 heavy (non-hydrogen) atoms. The summed E-state index contributed by atoms with van der Waals surface area (Å²) < 4.78 is 7.29. The van der Waals surface area contributed by atoms with Gasteiger partial charge in [0.1, 0.15) is 17.5 Å². The van der Waals surface area contributed by atoms with E-state index in [4.69, 9.17) is 4.74 Å². The van der Waals surface area contributed by atoms with Gasteiger partial charge in [0.2, 0.25) is 0 Å². The molecule has 7 heteroatoms. The molecule has 152 valence electrons. The Morgan fingerprint density at radius 1 is 1.10 bits per heavy atom. The molecule has 5 rings (SSSR count). The average molecular weight is 413 g/mol. The summed E-state index contributed by atoms with van der Waals surface area (Å²) in [6.07, 6.45) is 3.24. The zero-order valence-electron chi connectivity index (χ0n) is 16.3. The molecule has 1 aliphatic carbocycles. The number of aliphatic hydroxyl groups is 1. The van der Waals surface area contributed by atoms with Gasteiger partial charge in [-0.25, -0.2) is 4.68 Å². The van der Waals surface area contributed by atoms with Crippen LogP contribution in [0.25, 0.3) is 11.3 Å². The Labute approximate surface area is 176 Å². The SMILES string of the molecule is COc1ccccc1-c1cn([C@@H]2c3ccccc3C3(CCNCC3)[C@H]2O)nn1.Cl. The van der Waals surface area contributed by atoms with E-state index in [-0.39, 0.29) is 23.9 Å². The largest absolute Gasteiger partial charge is 0.496 e. The van der Waals surface area contributed by atoms with Crippen LogP contribution in [0.2, 0.25) is 0 Å². The first-order valence-corrected chi connectivity index (χ1v) is 9.78. The van der Waals surface area contributed by atoms with Gasteiger partial charge in [-0.3, -0.25) is 0 Å². The molecule has 2 aliphatic rings. The maximum Gasteiger partial charge on any atom is 0.128 e. The number of ether oxygens (including phenoxy) is 1. The van der Waals surface area contributed by atoms with E-state index in [0.717, 1.165) is 48.5 Å². The Bertz CT molecular complexity index is 1000. The third-order valence-corrected chi connectivity index (χ3v) is 6.36. The third kappa shape index (κ3) is 3.03. The number of halogens is 1. The summed E-state index contributed by atoms with van der Waals surface area (Å²) in [5.74, 6) is 0.761. The molecule has 1 aliphatic heterocycles. The molecule has 1 fully saturated rings. The van der Waals surface area contributed by atoms with E-state index in [1.54, 1.807) is 7.11 Å². The van der Waals surface area contributed by atoms with Crippen LogP contribution in [0.15, 0.2) is 54.7 Å². The molecule has 1 saturated heterocycles. The first-order chi connectivity index (χ1) is 13.7. The van der Waals surface area contributed by atoms with Gasteiger partial charge in [0.15, 0.2) is 0 Å². The van der Waals surface area contributed by atoms with Crippen LogP contribution in [0.5, 0.6) is 5.75 Å². The molecule has 2 heterocycles. The highest BCUT2D eigenvalue weighted by Crippen LogP contribution is 2.51. The standard InChI is InChI=1S/C22H24N4O2.ClH/c1-28-19-9-5-3-7-16(19)18-14-26(25-24-18)20-15-6-2-4-8-17(15)22(21(20)27)10-12-23-13-11-22;/h2-9,14,20-21,23,27H,10-13H2,1H3;1H/t20-,21+;/m1./s1. The number of benzene rings is 2. The number of piperidine rings is 1. The fourth-order valence-corrected chi connectivity index (χ4v) is 4.96. The first kappa shape index (κ1) is 19.9. The van der Waals surface area contributed by atoms with Crippen LogP contribution in [0.3, 0.4) is 0 Å². The number of hydrogen-bond acceptors (Lipinski definition) is 5. The number of nitrogens with one attached hydrogen (secondary N) is 1. The van der Waals surface area contributed by atoms with Crippen LogP contribution in [0.4, 0.5) is 0 Å². The van der Waals surface area contributed by atoms with Crippen molar-refractivity contribution in [3.63, 3.8) is 0 Å². The second kappa shape index (κ2) is 7.78. The quantitative estimate of drug-likeness (QED) is 0.692. The summed E-state index contributed by atoms with van der Waals surface area (Å²) in [6.45, 7) is 1.84. The number of rotatable bonds is 3. The summed E-state index contributed by atoms with van der Waals surface area (Å²) >= 11 is 0. The number of aliphatic hydroxyl groups excluding tert-OH is 1. The van der Waals surface area contributed by atoms with Crippen molar-refractivity contribution in [1.82, 2.24) is 20.3 Å². The molecule has 2 aromatic carbocycles.